The number of nitro benzene ring substituents is 1. The minimum atomic E-state index is -0.601. The zero-order chi connectivity index (χ0) is 22.4. The molecule has 1 unspecified atom stereocenters. The van der Waals surface area contributed by atoms with Gasteiger partial charge in [0.05, 0.1) is 12.0 Å². The lowest BCUT2D eigenvalue weighted by molar-refractivity contribution is -0.385. The second-order valence-corrected chi connectivity index (χ2v) is 7.13. The zero-order valence-electron chi connectivity index (χ0n) is 17.9. The molecule has 0 bridgehead atoms. The highest BCUT2D eigenvalue weighted by Crippen LogP contribution is 2.28. The first kappa shape index (κ1) is 22.9. The number of rotatable bonds is 8. The second-order valence-electron chi connectivity index (χ2n) is 7.13. The van der Waals surface area contributed by atoms with Crippen LogP contribution < -0.4 is 10.1 Å². The lowest BCUT2D eigenvalue weighted by Gasteiger charge is -2.28. The third-order valence-corrected chi connectivity index (χ3v) is 5.20. The average Bonchev–Trinajstić information content (AvgIpc) is 2.73. The largest absolute Gasteiger partial charge is 0.490 e. The van der Waals surface area contributed by atoms with Crippen molar-refractivity contribution < 1.29 is 19.2 Å². The van der Waals surface area contributed by atoms with Gasteiger partial charge in [-0.3, -0.25) is 19.7 Å². The fraction of sp³-hybridized carbons (Fsp3) is 0.364. The number of nitrogens with zero attached hydrogens (tertiary/aromatic N) is 2. The number of benzene rings is 2. The van der Waals surface area contributed by atoms with Gasteiger partial charge in [0.2, 0.25) is 5.91 Å². The highest BCUT2D eigenvalue weighted by atomic mass is 16.6. The predicted octanol–water partition coefficient (Wildman–Crippen LogP) is 4.10. The topological polar surface area (TPSA) is 102 Å². The quantitative estimate of drug-likeness (QED) is 0.518. The minimum Gasteiger partial charge on any atom is -0.490 e. The maximum absolute atomic E-state index is 13.1. The van der Waals surface area contributed by atoms with Gasteiger partial charge in [0.1, 0.15) is 6.54 Å². The standard InChI is InChI=1S/C22H27N3O5/c1-6-15(3)24(13-21(26)23-18-9-7-8-14(2)16(18)4)22(27)17-10-11-20(30-5)19(12-17)25(28)29/h7-12,15H,6,13H2,1-5H3,(H,23,26). The molecule has 0 aliphatic rings. The Hall–Kier alpha value is -3.42. The zero-order valence-corrected chi connectivity index (χ0v) is 17.9. The molecule has 0 aromatic heterocycles. The van der Waals surface area contributed by atoms with E-state index in [1.165, 1.54) is 30.2 Å². The Kier molecular flexibility index (Phi) is 7.52. The van der Waals surface area contributed by atoms with Crippen molar-refractivity contribution in [2.75, 3.05) is 19.0 Å². The van der Waals surface area contributed by atoms with Crippen molar-refractivity contribution in [1.82, 2.24) is 4.90 Å². The molecule has 0 aliphatic carbocycles. The first-order valence-corrected chi connectivity index (χ1v) is 9.69. The van der Waals surface area contributed by atoms with Crippen molar-refractivity contribution in [2.45, 2.75) is 40.2 Å². The summed E-state index contributed by atoms with van der Waals surface area (Å²) in [6.07, 6.45) is 0.626. The Balaban J connectivity index is 2.28. The number of hydrogen-bond donors (Lipinski definition) is 1. The Morgan fingerprint density at radius 2 is 1.93 bits per heavy atom. The third-order valence-electron chi connectivity index (χ3n) is 5.20. The molecule has 30 heavy (non-hydrogen) atoms. The highest BCUT2D eigenvalue weighted by molar-refractivity contribution is 6.00. The van der Waals surface area contributed by atoms with Gasteiger partial charge < -0.3 is 15.0 Å². The van der Waals surface area contributed by atoms with E-state index in [2.05, 4.69) is 5.32 Å². The van der Waals surface area contributed by atoms with Crippen molar-refractivity contribution in [3.8, 4) is 5.75 Å². The van der Waals surface area contributed by atoms with Crippen LogP contribution in [0.3, 0.4) is 0 Å². The number of hydrogen-bond acceptors (Lipinski definition) is 5. The molecule has 2 aromatic carbocycles. The molecule has 2 aromatic rings. The van der Waals surface area contributed by atoms with Crippen molar-refractivity contribution in [3.63, 3.8) is 0 Å². The van der Waals surface area contributed by atoms with Gasteiger partial charge in [-0.1, -0.05) is 19.1 Å². The van der Waals surface area contributed by atoms with Crippen LogP contribution in [0.15, 0.2) is 36.4 Å². The van der Waals surface area contributed by atoms with Crippen molar-refractivity contribution in [3.05, 3.63) is 63.2 Å². The van der Waals surface area contributed by atoms with Gasteiger partial charge in [-0.05, 0) is 56.5 Å². The number of carbonyl (C=O) groups is 2. The molecular formula is C22H27N3O5. The number of ether oxygens (including phenoxy) is 1. The molecule has 160 valence electrons. The Morgan fingerprint density at radius 3 is 2.53 bits per heavy atom. The summed E-state index contributed by atoms with van der Waals surface area (Å²) in [7, 11) is 1.33. The van der Waals surface area contributed by atoms with Crippen molar-refractivity contribution >= 4 is 23.2 Å². The van der Waals surface area contributed by atoms with Crippen LogP contribution >= 0.6 is 0 Å². The van der Waals surface area contributed by atoms with Gasteiger partial charge in [-0.2, -0.15) is 0 Å². The summed E-state index contributed by atoms with van der Waals surface area (Å²) in [5.74, 6) is -0.717. The van der Waals surface area contributed by atoms with E-state index >= 15 is 0 Å². The second kappa shape index (κ2) is 9.87. The molecule has 1 atom stereocenters. The number of amides is 2. The van der Waals surface area contributed by atoms with Gasteiger partial charge in [-0.15, -0.1) is 0 Å². The van der Waals surface area contributed by atoms with Crippen LogP contribution in [-0.2, 0) is 4.79 Å². The van der Waals surface area contributed by atoms with Crippen LogP contribution in [0.25, 0.3) is 0 Å². The maximum atomic E-state index is 13.1. The lowest BCUT2D eigenvalue weighted by Crippen LogP contribution is -2.43. The van der Waals surface area contributed by atoms with E-state index in [0.29, 0.717) is 12.1 Å². The maximum Gasteiger partial charge on any atom is 0.311 e. The van der Waals surface area contributed by atoms with Crippen LogP contribution in [0.5, 0.6) is 5.75 Å². The first-order valence-electron chi connectivity index (χ1n) is 9.69. The molecule has 0 heterocycles. The Bertz CT molecular complexity index is 958. The summed E-state index contributed by atoms with van der Waals surface area (Å²) >= 11 is 0. The molecule has 2 amide bonds. The summed E-state index contributed by atoms with van der Waals surface area (Å²) in [6, 6.07) is 9.41. The molecule has 0 aliphatic heterocycles. The van der Waals surface area contributed by atoms with E-state index in [1.807, 2.05) is 45.9 Å². The summed E-state index contributed by atoms with van der Waals surface area (Å²) in [5, 5.41) is 14.1. The highest BCUT2D eigenvalue weighted by Gasteiger charge is 2.26. The smallest absolute Gasteiger partial charge is 0.311 e. The van der Waals surface area contributed by atoms with Gasteiger partial charge in [0, 0.05) is 23.4 Å². The molecule has 8 heteroatoms. The average molecular weight is 413 g/mol. The number of carbonyl (C=O) groups excluding carboxylic acids is 2. The molecule has 8 nitrogen and oxygen atoms in total. The van der Waals surface area contributed by atoms with Crippen molar-refractivity contribution in [1.29, 1.82) is 0 Å². The van der Waals surface area contributed by atoms with E-state index < -0.39 is 10.8 Å². The number of anilines is 1. The fourth-order valence-corrected chi connectivity index (χ4v) is 3.01. The molecule has 0 fully saturated rings. The Labute approximate surface area is 176 Å². The van der Waals surface area contributed by atoms with Gasteiger partial charge in [0.25, 0.3) is 5.91 Å². The number of aryl methyl sites for hydroxylation is 1. The van der Waals surface area contributed by atoms with E-state index in [9.17, 15) is 19.7 Å². The number of methoxy groups -OCH3 is 1. The molecule has 0 saturated carbocycles. The first-order chi connectivity index (χ1) is 14.2. The predicted molar refractivity (Wildman–Crippen MR) is 115 cm³/mol. The van der Waals surface area contributed by atoms with Crippen LogP contribution in [-0.4, -0.2) is 41.3 Å². The normalized spacial score (nSPS) is 11.5. The number of nitrogens with one attached hydrogen (secondary N) is 1. The molecular weight excluding hydrogens is 386 g/mol. The van der Waals surface area contributed by atoms with Crippen LogP contribution in [0, 0.1) is 24.0 Å². The number of nitro groups is 1. The van der Waals surface area contributed by atoms with Crippen molar-refractivity contribution in [2.24, 2.45) is 0 Å². The lowest BCUT2D eigenvalue weighted by atomic mass is 10.1. The van der Waals surface area contributed by atoms with Crippen LogP contribution in [0.2, 0.25) is 0 Å². The summed E-state index contributed by atoms with van der Waals surface area (Å²) < 4.78 is 4.99. The summed E-state index contributed by atoms with van der Waals surface area (Å²) in [5.41, 5.74) is 2.53. The minimum absolute atomic E-state index is 0.0688. The molecule has 1 N–H and O–H groups in total. The van der Waals surface area contributed by atoms with Gasteiger partial charge in [0.15, 0.2) is 5.75 Å². The summed E-state index contributed by atoms with van der Waals surface area (Å²) in [4.78, 5) is 37.9. The van der Waals surface area contributed by atoms with Gasteiger partial charge in [-0.25, -0.2) is 0 Å². The van der Waals surface area contributed by atoms with Crippen LogP contribution in [0.1, 0.15) is 41.8 Å². The molecule has 0 saturated heterocycles. The molecule has 2 rings (SSSR count). The van der Waals surface area contributed by atoms with Gasteiger partial charge >= 0.3 is 5.69 Å². The van der Waals surface area contributed by atoms with E-state index in [4.69, 9.17) is 4.74 Å². The monoisotopic (exact) mass is 413 g/mol. The molecule has 0 radical (unpaired) electrons. The SMILES string of the molecule is CCC(C)N(CC(=O)Nc1cccc(C)c1C)C(=O)c1ccc(OC)c([N+](=O)[O-])c1. The summed E-state index contributed by atoms with van der Waals surface area (Å²) in [6.45, 7) is 7.45. The fourth-order valence-electron chi connectivity index (χ4n) is 3.01. The Morgan fingerprint density at radius 1 is 1.23 bits per heavy atom. The van der Waals surface area contributed by atoms with E-state index in [1.54, 1.807) is 0 Å². The van der Waals surface area contributed by atoms with E-state index in [-0.39, 0.29) is 35.5 Å². The third kappa shape index (κ3) is 5.14. The van der Waals surface area contributed by atoms with E-state index in [0.717, 1.165) is 11.1 Å². The molecule has 0 spiro atoms. The van der Waals surface area contributed by atoms with Crippen LogP contribution in [0.4, 0.5) is 11.4 Å².